The van der Waals surface area contributed by atoms with E-state index in [2.05, 4.69) is 9.64 Å². The van der Waals surface area contributed by atoms with Gasteiger partial charge in [-0.2, -0.15) is 8.78 Å². The van der Waals surface area contributed by atoms with Crippen LogP contribution in [-0.4, -0.2) is 48.5 Å². The zero-order valence-corrected chi connectivity index (χ0v) is 13.0. The zero-order valence-electron chi connectivity index (χ0n) is 13.0. The van der Waals surface area contributed by atoms with Crippen molar-refractivity contribution in [3.63, 3.8) is 0 Å². The first kappa shape index (κ1) is 16.6. The molecule has 128 valence electrons. The molecule has 1 aliphatic carbocycles. The molecular weight excluding hydrogens is 304 g/mol. The summed E-state index contributed by atoms with van der Waals surface area (Å²) in [4.78, 5) is 2.28. The predicted octanol–water partition coefficient (Wildman–Crippen LogP) is 2.96. The van der Waals surface area contributed by atoms with Crippen LogP contribution in [0.1, 0.15) is 37.4 Å². The van der Waals surface area contributed by atoms with Gasteiger partial charge in [-0.15, -0.1) is 0 Å². The monoisotopic (exact) mass is 327 g/mol. The Labute approximate surface area is 135 Å². The number of nitrogens with zero attached hydrogens (tertiary/aromatic N) is 1. The molecule has 2 fully saturated rings. The van der Waals surface area contributed by atoms with Gasteiger partial charge in [-0.05, 0) is 30.5 Å². The highest BCUT2D eigenvalue weighted by atomic mass is 19.3. The molecule has 1 aliphatic heterocycles. The van der Waals surface area contributed by atoms with Crippen molar-refractivity contribution in [2.24, 2.45) is 0 Å². The molecule has 1 saturated heterocycles. The van der Waals surface area contributed by atoms with Gasteiger partial charge in [0.2, 0.25) is 0 Å². The Morgan fingerprint density at radius 2 is 2.09 bits per heavy atom. The van der Waals surface area contributed by atoms with E-state index in [9.17, 15) is 13.9 Å². The Morgan fingerprint density at radius 3 is 2.87 bits per heavy atom. The third kappa shape index (κ3) is 4.19. The second-order valence-corrected chi connectivity index (χ2v) is 6.22. The molecule has 23 heavy (non-hydrogen) atoms. The van der Waals surface area contributed by atoms with Crippen LogP contribution in [0.25, 0.3) is 0 Å². The Kier molecular flexibility index (Phi) is 5.46. The van der Waals surface area contributed by atoms with E-state index in [-0.39, 0.29) is 24.0 Å². The summed E-state index contributed by atoms with van der Waals surface area (Å²) in [5, 5.41) is 10.2. The van der Waals surface area contributed by atoms with E-state index in [0.29, 0.717) is 13.2 Å². The van der Waals surface area contributed by atoms with Crippen molar-refractivity contribution in [3.05, 3.63) is 29.8 Å². The maximum atomic E-state index is 12.4. The lowest BCUT2D eigenvalue weighted by molar-refractivity contribution is -0.0753. The molecule has 0 bridgehead atoms. The van der Waals surface area contributed by atoms with Crippen LogP contribution in [0, 0.1) is 0 Å². The predicted molar refractivity (Wildman–Crippen MR) is 81.6 cm³/mol. The molecule has 1 heterocycles. The van der Waals surface area contributed by atoms with Crippen molar-refractivity contribution in [2.75, 3.05) is 19.7 Å². The quantitative estimate of drug-likeness (QED) is 0.923. The third-order valence-corrected chi connectivity index (χ3v) is 4.72. The number of halogens is 2. The van der Waals surface area contributed by atoms with Gasteiger partial charge in [-0.1, -0.05) is 25.0 Å². The second-order valence-electron chi connectivity index (χ2n) is 6.22. The standard InChI is InChI=1S/C17H23F2NO3/c18-17(19)23-13-5-3-4-12(10-13)16-11-20(8-9-22-16)14-6-1-2-7-15(14)21/h3-5,10,14-17,21H,1-2,6-9,11H2/t14-,15+,16+/m0/s1. The molecule has 1 N–H and O–H groups in total. The first-order valence-corrected chi connectivity index (χ1v) is 8.22. The maximum Gasteiger partial charge on any atom is 0.387 e. The Balaban J connectivity index is 1.68. The summed E-state index contributed by atoms with van der Waals surface area (Å²) in [6, 6.07) is 6.86. The number of morpholine rings is 1. The van der Waals surface area contributed by atoms with E-state index in [0.717, 1.165) is 37.8 Å². The largest absolute Gasteiger partial charge is 0.435 e. The second kappa shape index (κ2) is 7.55. The van der Waals surface area contributed by atoms with Crippen LogP contribution >= 0.6 is 0 Å². The molecule has 6 heteroatoms. The Bertz CT molecular complexity index is 514. The molecule has 0 unspecified atom stereocenters. The zero-order chi connectivity index (χ0) is 16.2. The Hall–Kier alpha value is -1.24. The number of hydrogen-bond donors (Lipinski definition) is 1. The van der Waals surface area contributed by atoms with Gasteiger partial charge in [0.15, 0.2) is 0 Å². The topological polar surface area (TPSA) is 41.9 Å². The fourth-order valence-corrected chi connectivity index (χ4v) is 3.58. The van der Waals surface area contributed by atoms with Crippen LogP contribution in [0.15, 0.2) is 24.3 Å². The summed E-state index contributed by atoms with van der Waals surface area (Å²) in [5.41, 5.74) is 0.832. The number of benzene rings is 1. The van der Waals surface area contributed by atoms with E-state index in [1.54, 1.807) is 12.1 Å². The molecule has 1 aromatic rings. The van der Waals surface area contributed by atoms with Crippen LogP contribution in [0.3, 0.4) is 0 Å². The first-order valence-electron chi connectivity index (χ1n) is 8.22. The van der Waals surface area contributed by atoms with Gasteiger partial charge in [0.25, 0.3) is 0 Å². The van der Waals surface area contributed by atoms with Gasteiger partial charge in [0.1, 0.15) is 5.75 Å². The van der Waals surface area contributed by atoms with Crippen LogP contribution < -0.4 is 4.74 Å². The minimum Gasteiger partial charge on any atom is -0.435 e. The number of ether oxygens (including phenoxy) is 2. The van der Waals surface area contributed by atoms with E-state index < -0.39 is 6.61 Å². The highest BCUT2D eigenvalue weighted by Crippen LogP contribution is 2.30. The molecule has 1 saturated carbocycles. The lowest BCUT2D eigenvalue weighted by Crippen LogP contribution is -2.50. The van der Waals surface area contributed by atoms with Crippen LogP contribution in [0.4, 0.5) is 8.78 Å². The van der Waals surface area contributed by atoms with Crippen LogP contribution in [0.2, 0.25) is 0 Å². The molecule has 1 aromatic carbocycles. The lowest BCUT2D eigenvalue weighted by Gasteiger charge is -2.42. The van der Waals surface area contributed by atoms with Crippen molar-refractivity contribution in [2.45, 2.75) is 50.5 Å². The molecule has 0 spiro atoms. The number of aliphatic hydroxyl groups is 1. The van der Waals surface area contributed by atoms with Crippen molar-refractivity contribution in [3.8, 4) is 5.75 Å². The first-order chi connectivity index (χ1) is 11.1. The van der Waals surface area contributed by atoms with Crippen LogP contribution in [0.5, 0.6) is 5.75 Å². The fraction of sp³-hybridized carbons (Fsp3) is 0.647. The smallest absolute Gasteiger partial charge is 0.387 e. The van der Waals surface area contributed by atoms with Gasteiger partial charge < -0.3 is 14.6 Å². The van der Waals surface area contributed by atoms with Gasteiger partial charge in [0.05, 0.1) is 18.8 Å². The van der Waals surface area contributed by atoms with Crippen molar-refractivity contribution in [1.29, 1.82) is 0 Å². The normalized spacial score (nSPS) is 29.7. The summed E-state index contributed by atoms with van der Waals surface area (Å²) >= 11 is 0. The molecule has 4 nitrogen and oxygen atoms in total. The maximum absolute atomic E-state index is 12.4. The molecule has 2 aliphatic rings. The highest BCUT2D eigenvalue weighted by molar-refractivity contribution is 5.30. The van der Waals surface area contributed by atoms with Gasteiger partial charge >= 0.3 is 6.61 Å². The molecule has 0 aromatic heterocycles. The molecule has 3 atom stereocenters. The number of rotatable bonds is 4. The molecule has 0 amide bonds. The number of alkyl halides is 2. The fourth-order valence-electron chi connectivity index (χ4n) is 3.58. The van der Waals surface area contributed by atoms with E-state index in [4.69, 9.17) is 4.74 Å². The average molecular weight is 327 g/mol. The average Bonchev–Trinajstić information content (AvgIpc) is 2.55. The summed E-state index contributed by atoms with van der Waals surface area (Å²) in [7, 11) is 0. The minimum absolute atomic E-state index is 0.149. The summed E-state index contributed by atoms with van der Waals surface area (Å²) in [6.45, 7) is -0.787. The molecular formula is C17H23F2NO3. The number of hydrogen-bond acceptors (Lipinski definition) is 4. The summed E-state index contributed by atoms with van der Waals surface area (Å²) in [5.74, 6) is 0.149. The van der Waals surface area contributed by atoms with Gasteiger partial charge in [-0.3, -0.25) is 4.90 Å². The lowest BCUT2D eigenvalue weighted by atomic mass is 9.90. The van der Waals surface area contributed by atoms with Crippen molar-refractivity contribution >= 4 is 0 Å². The molecule has 3 rings (SSSR count). The minimum atomic E-state index is -2.83. The highest BCUT2D eigenvalue weighted by Gasteiger charge is 2.33. The van der Waals surface area contributed by atoms with Gasteiger partial charge in [-0.25, -0.2) is 0 Å². The van der Waals surface area contributed by atoms with Crippen LogP contribution in [-0.2, 0) is 4.74 Å². The Morgan fingerprint density at radius 1 is 1.26 bits per heavy atom. The SMILES string of the molecule is O[C@@H]1CCCC[C@@H]1N1CCO[C@@H](c2cccc(OC(F)F)c2)C1. The summed E-state index contributed by atoms with van der Waals surface area (Å²) in [6.07, 6.45) is 3.61. The van der Waals surface area contributed by atoms with E-state index >= 15 is 0 Å². The van der Waals surface area contributed by atoms with Gasteiger partial charge in [0, 0.05) is 19.1 Å². The number of aliphatic hydroxyl groups excluding tert-OH is 1. The molecule has 0 radical (unpaired) electrons. The third-order valence-electron chi connectivity index (χ3n) is 4.72. The van der Waals surface area contributed by atoms with E-state index in [1.807, 2.05) is 6.07 Å². The summed E-state index contributed by atoms with van der Waals surface area (Å²) < 4.78 is 35.0. The van der Waals surface area contributed by atoms with Crippen molar-refractivity contribution < 1.29 is 23.4 Å². The van der Waals surface area contributed by atoms with E-state index in [1.165, 1.54) is 6.07 Å². The van der Waals surface area contributed by atoms with Crippen molar-refractivity contribution in [1.82, 2.24) is 4.90 Å².